The van der Waals surface area contributed by atoms with Gasteiger partial charge in [-0.2, -0.15) is 0 Å². The van der Waals surface area contributed by atoms with Gasteiger partial charge in [0.1, 0.15) is 16.9 Å². The van der Waals surface area contributed by atoms with Gasteiger partial charge in [0.05, 0.1) is 13.2 Å². The molecule has 4 rings (SSSR count). The number of carbonyl (C=O) groups is 2. The molecule has 2 aromatic heterocycles. The lowest BCUT2D eigenvalue weighted by atomic mass is 10.0. The maximum absolute atomic E-state index is 13.3. The van der Waals surface area contributed by atoms with Gasteiger partial charge in [0.15, 0.2) is 28.9 Å². The fourth-order valence-corrected chi connectivity index (χ4v) is 3.78. The van der Waals surface area contributed by atoms with Crippen LogP contribution in [0.2, 0.25) is 0 Å². The van der Waals surface area contributed by atoms with Gasteiger partial charge in [0.2, 0.25) is 0 Å². The summed E-state index contributed by atoms with van der Waals surface area (Å²) in [5.74, 6) is -1.93. The molecule has 0 fully saturated rings. The van der Waals surface area contributed by atoms with Gasteiger partial charge in [-0.25, -0.2) is 9.18 Å². The number of rotatable bonds is 6. The summed E-state index contributed by atoms with van der Waals surface area (Å²) in [5, 5.41) is 10.7. The molecule has 1 aliphatic heterocycles. The van der Waals surface area contributed by atoms with E-state index in [9.17, 15) is 23.9 Å². The van der Waals surface area contributed by atoms with Crippen molar-refractivity contribution >= 4 is 22.8 Å². The van der Waals surface area contributed by atoms with Crippen LogP contribution in [0.4, 0.5) is 4.39 Å². The van der Waals surface area contributed by atoms with Crippen LogP contribution in [0.25, 0.3) is 11.0 Å². The smallest absolute Gasteiger partial charge is 0.347 e. The van der Waals surface area contributed by atoms with Gasteiger partial charge in [0, 0.05) is 24.6 Å². The molecule has 0 saturated heterocycles. The lowest BCUT2D eigenvalue weighted by molar-refractivity contribution is -0.126. The van der Waals surface area contributed by atoms with Crippen molar-refractivity contribution in [3.8, 4) is 11.5 Å². The van der Waals surface area contributed by atoms with Crippen molar-refractivity contribution in [2.75, 3.05) is 6.61 Å². The van der Waals surface area contributed by atoms with E-state index in [1.54, 1.807) is 26.0 Å². The number of nitrogens with zero attached hydrogens (tertiary/aromatic N) is 2. The number of aromatic nitrogens is 2. The Kier molecular flexibility index (Phi) is 5.65. The average Bonchev–Trinajstić information content (AvgIpc) is 2.79. The molecule has 3 aromatic rings. The molecule has 1 atom stereocenters. The Morgan fingerprint density at radius 2 is 2.00 bits per heavy atom. The monoisotopic (exact) mass is 440 g/mol. The van der Waals surface area contributed by atoms with E-state index in [1.807, 2.05) is 0 Å². The molecule has 1 N–H and O–H groups in total. The first-order valence-corrected chi connectivity index (χ1v) is 10.2. The Morgan fingerprint density at radius 1 is 1.28 bits per heavy atom. The van der Waals surface area contributed by atoms with Crippen LogP contribution in [0.3, 0.4) is 0 Å². The normalized spacial score (nSPS) is 14.8. The molecule has 0 radical (unpaired) electrons. The van der Waals surface area contributed by atoms with E-state index in [1.165, 1.54) is 22.9 Å². The summed E-state index contributed by atoms with van der Waals surface area (Å²) in [4.78, 5) is 42.3. The summed E-state index contributed by atoms with van der Waals surface area (Å²) in [5.41, 5.74) is 0.182. The average molecular weight is 440 g/mol. The number of pyridine rings is 2. The van der Waals surface area contributed by atoms with Gasteiger partial charge in [-0.05, 0) is 24.6 Å². The third-order valence-electron chi connectivity index (χ3n) is 5.37. The first-order chi connectivity index (χ1) is 15.3. The molecular weight excluding hydrogens is 419 g/mol. The minimum Gasteiger partial charge on any atom is -0.505 e. The number of carbonyl (C=O) groups excluding carboxylic acids is 2. The molecule has 3 heterocycles. The number of ether oxygens (including phenoxy) is 2. The van der Waals surface area contributed by atoms with Crippen molar-refractivity contribution in [3.63, 3.8) is 0 Å². The van der Waals surface area contributed by atoms with Crippen LogP contribution in [0.5, 0.6) is 11.5 Å². The summed E-state index contributed by atoms with van der Waals surface area (Å²) >= 11 is 0. The number of benzene rings is 1. The topological polar surface area (TPSA) is 108 Å². The summed E-state index contributed by atoms with van der Waals surface area (Å²) in [6, 6.07) is 5.87. The summed E-state index contributed by atoms with van der Waals surface area (Å²) < 4.78 is 25.4. The number of aromatic hydroxyl groups is 1. The molecule has 32 heavy (non-hydrogen) atoms. The number of halogens is 1. The molecule has 9 heteroatoms. The molecule has 0 aliphatic carbocycles. The van der Waals surface area contributed by atoms with E-state index in [4.69, 9.17) is 9.47 Å². The minimum atomic E-state index is -0.968. The zero-order chi connectivity index (χ0) is 23.0. The quantitative estimate of drug-likeness (QED) is 0.587. The van der Waals surface area contributed by atoms with Crippen LogP contribution in [0.15, 0.2) is 35.3 Å². The van der Waals surface area contributed by atoms with Crippen LogP contribution in [0, 0.1) is 5.82 Å². The first kappa shape index (κ1) is 21.5. The predicted octanol–water partition coefficient (Wildman–Crippen LogP) is 2.75. The van der Waals surface area contributed by atoms with Gasteiger partial charge < -0.3 is 14.6 Å². The van der Waals surface area contributed by atoms with Crippen LogP contribution in [-0.2, 0) is 22.5 Å². The molecule has 1 aromatic carbocycles. The molecule has 166 valence electrons. The van der Waals surface area contributed by atoms with E-state index in [2.05, 4.69) is 4.98 Å². The molecule has 0 saturated carbocycles. The largest absolute Gasteiger partial charge is 0.505 e. The van der Waals surface area contributed by atoms with E-state index in [-0.39, 0.29) is 48.0 Å². The highest BCUT2D eigenvalue weighted by molar-refractivity contribution is 6.00. The molecular formula is C23H21FN2O6. The van der Waals surface area contributed by atoms with Crippen LogP contribution in [0.1, 0.15) is 41.8 Å². The highest BCUT2D eigenvalue weighted by atomic mass is 19.1. The third-order valence-corrected chi connectivity index (χ3v) is 5.37. The van der Waals surface area contributed by atoms with E-state index < -0.39 is 28.9 Å². The Hall–Kier alpha value is -3.75. The lowest BCUT2D eigenvalue weighted by Crippen LogP contribution is -2.41. The van der Waals surface area contributed by atoms with Gasteiger partial charge in [-0.1, -0.05) is 19.1 Å². The zero-order valence-corrected chi connectivity index (χ0v) is 17.6. The highest BCUT2D eigenvalue weighted by Gasteiger charge is 2.34. The van der Waals surface area contributed by atoms with E-state index >= 15 is 0 Å². The van der Waals surface area contributed by atoms with Crippen molar-refractivity contribution in [3.05, 3.63) is 63.3 Å². The number of ketones is 1. The Labute approximate surface area is 182 Å². The molecule has 0 spiro atoms. The van der Waals surface area contributed by atoms with Crippen molar-refractivity contribution in [1.29, 1.82) is 0 Å². The molecule has 0 unspecified atom stereocenters. The van der Waals surface area contributed by atoms with Gasteiger partial charge in [0.25, 0.3) is 5.56 Å². The number of hydrogen-bond acceptors (Lipinski definition) is 7. The summed E-state index contributed by atoms with van der Waals surface area (Å²) in [6.07, 6.45) is 0.991. The summed E-state index contributed by atoms with van der Waals surface area (Å²) in [7, 11) is 0. The Morgan fingerprint density at radius 3 is 2.66 bits per heavy atom. The molecule has 8 nitrogen and oxygen atoms in total. The van der Waals surface area contributed by atoms with E-state index in [0.29, 0.717) is 12.0 Å². The predicted molar refractivity (Wildman–Crippen MR) is 113 cm³/mol. The second-order valence-electron chi connectivity index (χ2n) is 7.40. The van der Waals surface area contributed by atoms with Gasteiger partial charge in [-0.3, -0.25) is 19.1 Å². The van der Waals surface area contributed by atoms with Gasteiger partial charge in [-0.15, -0.1) is 0 Å². The van der Waals surface area contributed by atoms with Gasteiger partial charge >= 0.3 is 5.97 Å². The van der Waals surface area contributed by atoms with Crippen molar-refractivity contribution < 1.29 is 28.6 Å². The standard InChI is InChI=1S/C23H21FN2O6/c1-3-15(27)16-11-26-19-18(20(28)17(22(26)29)23(30)31-4-2)25-10-13(21(19)32-16)9-12-5-7-14(24)8-6-12/h5-8,10,16,28H,3-4,9,11H2,1-2H3/t16-/m1/s1. The molecule has 0 bridgehead atoms. The van der Waals surface area contributed by atoms with Crippen LogP contribution in [-0.4, -0.2) is 39.1 Å². The van der Waals surface area contributed by atoms with Crippen molar-refractivity contribution in [2.45, 2.75) is 39.3 Å². The zero-order valence-electron chi connectivity index (χ0n) is 17.6. The Bertz CT molecular complexity index is 1280. The maximum Gasteiger partial charge on any atom is 0.347 e. The fraction of sp³-hybridized carbons (Fsp3) is 0.304. The minimum absolute atomic E-state index is 0.00657. The van der Waals surface area contributed by atoms with Crippen LogP contribution >= 0.6 is 0 Å². The highest BCUT2D eigenvalue weighted by Crippen LogP contribution is 2.38. The van der Waals surface area contributed by atoms with Crippen molar-refractivity contribution in [2.24, 2.45) is 0 Å². The summed E-state index contributed by atoms with van der Waals surface area (Å²) in [6.45, 7) is 3.17. The second-order valence-corrected chi connectivity index (χ2v) is 7.40. The molecule has 0 amide bonds. The van der Waals surface area contributed by atoms with E-state index in [0.717, 1.165) is 5.56 Å². The number of hydrogen-bond donors (Lipinski definition) is 1. The van der Waals surface area contributed by atoms with Crippen molar-refractivity contribution in [1.82, 2.24) is 9.55 Å². The first-order valence-electron chi connectivity index (χ1n) is 10.2. The third kappa shape index (κ3) is 3.59. The van der Waals surface area contributed by atoms with Crippen LogP contribution < -0.4 is 10.3 Å². The molecule has 1 aliphatic rings. The Balaban J connectivity index is 1.95. The SMILES string of the molecule is CCOC(=O)c1c(O)c2ncc(Cc3ccc(F)cc3)c3c2n(c1=O)C[C@H](C(=O)CC)O3. The second kappa shape index (κ2) is 8.41. The number of Topliss-reactive ketones (excluding diaryl/α,β-unsaturated/α-hetero) is 1. The lowest BCUT2D eigenvalue weighted by Gasteiger charge is -2.28. The number of esters is 1. The maximum atomic E-state index is 13.3. The fourth-order valence-electron chi connectivity index (χ4n) is 3.78.